The molecule has 1 aliphatic heterocycles. The van der Waals surface area contributed by atoms with Crippen molar-refractivity contribution in [1.29, 1.82) is 0 Å². The quantitative estimate of drug-likeness (QED) is 0.243. The molecule has 0 spiro atoms. The number of carbonyl (C=O) groups is 1. The minimum absolute atomic E-state index is 0.152. The van der Waals surface area contributed by atoms with Crippen molar-refractivity contribution in [2.45, 2.75) is 24.0 Å². The number of para-hydroxylation sites is 1. The number of thioether (sulfide) groups is 1. The number of benzene rings is 2. The topological polar surface area (TPSA) is 126 Å². The average molecular weight is 617 g/mol. The molecule has 0 radical (unpaired) electrons. The van der Waals surface area contributed by atoms with Crippen molar-refractivity contribution in [2.75, 3.05) is 54.2 Å². The lowest BCUT2D eigenvalue weighted by Gasteiger charge is -2.24. The molecule has 2 aromatic carbocycles. The molecular weight excluding hydrogens is 584 g/mol. The van der Waals surface area contributed by atoms with Crippen molar-refractivity contribution in [3.05, 3.63) is 65.8 Å². The highest BCUT2D eigenvalue weighted by Crippen LogP contribution is 2.33. The van der Waals surface area contributed by atoms with Crippen molar-refractivity contribution in [1.82, 2.24) is 14.9 Å². The molecule has 41 heavy (non-hydrogen) atoms. The number of ether oxygens (including phenoxy) is 1. The minimum atomic E-state index is -3.55. The number of carbonyl (C=O) groups excluding carboxylic acids is 1. The Bertz CT molecular complexity index is 1510. The number of methoxy groups -OCH3 is 1. The molecule has 0 atom stereocenters. The van der Waals surface area contributed by atoms with Crippen LogP contribution in [0.1, 0.15) is 13.8 Å². The summed E-state index contributed by atoms with van der Waals surface area (Å²) in [6, 6.07) is 11.8. The molecule has 0 saturated carbocycles. The Morgan fingerprint density at radius 2 is 1.90 bits per heavy atom. The predicted molar refractivity (Wildman–Crippen MR) is 167 cm³/mol. The van der Waals surface area contributed by atoms with Crippen LogP contribution in [0, 0.1) is 0 Å². The second kappa shape index (κ2) is 14.0. The van der Waals surface area contributed by atoms with E-state index in [1.165, 1.54) is 13.3 Å². The lowest BCUT2D eigenvalue weighted by molar-refractivity contribution is -0.111. The SMILES string of the molecule is COc1cc(NC(=O)/C=C/CN2CCSCC2)ccc1Nc1ncc(Cl)c(Nc2ccccc2S(=O)(=O)C(C)C)n1. The zero-order valence-corrected chi connectivity index (χ0v) is 25.4. The summed E-state index contributed by atoms with van der Waals surface area (Å²) in [7, 11) is -2.03. The summed E-state index contributed by atoms with van der Waals surface area (Å²) in [5.41, 5.74) is 1.48. The molecule has 10 nitrogen and oxygen atoms in total. The van der Waals surface area contributed by atoms with Crippen molar-refractivity contribution in [3.8, 4) is 5.75 Å². The minimum Gasteiger partial charge on any atom is -0.494 e. The maximum absolute atomic E-state index is 12.9. The standard InChI is InChI=1S/C28H33ClN6O4S2/c1-19(2)41(37,38)25-8-5-4-7-23(25)32-27-21(29)18-30-28(34-27)33-22-11-10-20(17-24(22)39-3)31-26(36)9-6-12-35-13-15-40-16-14-35/h4-11,17-19H,12-16H2,1-3H3,(H,31,36)(H2,30,32,33,34)/b9-6+. The van der Waals surface area contributed by atoms with E-state index in [9.17, 15) is 13.2 Å². The summed E-state index contributed by atoms with van der Waals surface area (Å²) >= 11 is 8.30. The van der Waals surface area contributed by atoms with Gasteiger partial charge >= 0.3 is 0 Å². The third kappa shape index (κ3) is 8.13. The zero-order chi connectivity index (χ0) is 29.4. The average Bonchev–Trinajstić information content (AvgIpc) is 2.96. The van der Waals surface area contributed by atoms with E-state index in [4.69, 9.17) is 16.3 Å². The van der Waals surface area contributed by atoms with Crippen LogP contribution >= 0.6 is 23.4 Å². The highest BCUT2D eigenvalue weighted by molar-refractivity contribution is 7.99. The molecule has 1 saturated heterocycles. The Balaban J connectivity index is 1.46. The van der Waals surface area contributed by atoms with Gasteiger partial charge in [0.2, 0.25) is 11.9 Å². The lowest BCUT2D eigenvalue weighted by Crippen LogP contribution is -2.32. The number of halogens is 1. The number of nitrogens with zero attached hydrogens (tertiary/aromatic N) is 3. The Hall–Kier alpha value is -3.32. The highest BCUT2D eigenvalue weighted by Gasteiger charge is 2.23. The van der Waals surface area contributed by atoms with Gasteiger partial charge in [-0.15, -0.1) is 0 Å². The van der Waals surface area contributed by atoms with Gasteiger partial charge in [-0.3, -0.25) is 9.69 Å². The zero-order valence-electron chi connectivity index (χ0n) is 23.1. The Kier molecular flexibility index (Phi) is 10.5. The van der Waals surface area contributed by atoms with Crippen LogP contribution in [-0.2, 0) is 14.6 Å². The maximum atomic E-state index is 12.9. The number of rotatable bonds is 11. The normalized spacial score (nSPS) is 14.3. The van der Waals surface area contributed by atoms with E-state index in [0.717, 1.165) is 31.1 Å². The number of aromatic nitrogens is 2. The summed E-state index contributed by atoms with van der Waals surface area (Å²) in [6.45, 7) is 6.07. The number of anilines is 5. The monoisotopic (exact) mass is 616 g/mol. The number of amides is 1. The number of hydrogen-bond acceptors (Lipinski definition) is 10. The second-order valence-electron chi connectivity index (χ2n) is 9.45. The molecule has 1 aromatic heterocycles. The largest absolute Gasteiger partial charge is 0.494 e. The van der Waals surface area contributed by atoms with Crippen molar-refractivity contribution >= 4 is 67.9 Å². The van der Waals surface area contributed by atoms with Crippen LogP contribution in [-0.4, -0.2) is 72.7 Å². The molecule has 1 amide bonds. The molecule has 4 rings (SSSR count). The molecule has 3 N–H and O–H groups in total. The van der Waals surface area contributed by atoms with Gasteiger partial charge < -0.3 is 20.7 Å². The molecule has 0 unspecified atom stereocenters. The van der Waals surface area contributed by atoms with E-state index in [1.54, 1.807) is 62.4 Å². The van der Waals surface area contributed by atoms with Crippen molar-refractivity contribution in [3.63, 3.8) is 0 Å². The second-order valence-corrected chi connectivity index (χ2v) is 13.6. The third-order valence-electron chi connectivity index (χ3n) is 6.26. The highest BCUT2D eigenvalue weighted by atomic mass is 35.5. The van der Waals surface area contributed by atoms with Gasteiger partial charge in [-0.1, -0.05) is 29.8 Å². The van der Waals surface area contributed by atoms with Gasteiger partial charge in [-0.2, -0.15) is 16.7 Å². The van der Waals surface area contributed by atoms with Gasteiger partial charge in [0.05, 0.1) is 34.8 Å². The number of sulfone groups is 1. The summed E-state index contributed by atoms with van der Waals surface area (Å²) in [6.07, 6.45) is 4.83. The first kappa shape index (κ1) is 30.6. The van der Waals surface area contributed by atoms with Gasteiger partial charge in [-0.25, -0.2) is 13.4 Å². The molecule has 218 valence electrons. The van der Waals surface area contributed by atoms with Crippen LogP contribution < -0.4 is 20.7 Å². The first-order valence-electron chi connectivity index (χ1n) is 13.0. The summed E-state index contributed by atoms with van der Waals surface area (Å²) in [4.78, 5) is 23.6. The molecular formula is C28H33ClN6O4S2. The molecule has 0 bridgehead atoms. The summed E-state index contributed by atoms with van der Waals surface area (Å²) < 4.78 is 31.2. The summed E-state index contributed by atoms with van der Waals surface area (Å²) in [5.74, 6) is 2.91. The van der Waals surface area contributed by atoms with Crippen LogP contribution in [0.5, 0.6) is 5.75 Å². The van der Waals surface area contributed by atoms with Crippen LogP contribution in [0.4, 0.5) is 28.8 Å². The Labute approximate surface area is 249 Å². The van der Waals surface area contributed by atoms with Crippen molar-refractivity contribution in [2.24, 2.45) is 0 Å². The van der Waals surface area contributed by atoms with Gasteiger partial charge in [-0.05, 0) is 38.1 Å². The molecule has 2 heterocycles. The van der Waals surface area contributed by atoms with Crippen LogP contribution in [0.15, 0.2) is 65.7 Å². The lowest BCUT2D eigenvalue weighted by atomic mass is 10.2. The van der Waals surface area contributed by atoms with E-state index in [1.807, 2.05) is 17.8 Å². The Morgan fingerprint density at radius 3 is 2.63 bits per heavy atom. The molecule has 0 aliphatic carbocycles. The summed E-state index contributed by atoms with van der Waals surface area (Å²) in [5, 5.41) is 8.59. The number of hydrogen-bond donors (Lipinski definition) is 3. The van der Waals surface area contributed by atoms with Gasteiger partial charge in [0.15, 0.2) is 15.7 Å². The molecule has 13 heteroatoms. The first-order chi connectivity index (χ1) is 19.7. The van der Waals surface area contributed by atoms with E-state index >= 15 is 0 Å². The Morgan fingerprint density at radius 1 is 1.15 bits per heavy atom. The van der Waals surface area contributed by atoms with Crippen LogP contribution in [0.25, 0.3) is 0 Å². The van der Waals surface area contributed by atoms with Gasteiger partial charge in [0.25, 0.3) is 0 Å². The first-order valence-corrected chi connectivity index (χ1v) is 16.1. The fraction of sp³-hybridized carbons (Fsp3) is 0.321. The fourth-order valence-electron chi connectivity index (χ4n) is 3.98. The molecule has 3 aromatic rings. The predicted octanol–water partition coefficient (Wildman–Crippen LogP) is 5.35. The van der Waals surface area contributed by atoms with E-state index in [-0.39, 0.29) is 27.6 Å². The third-order valence-corrected chi connectivity index (χ3v) is 9.69. The van der Waals surface area contributed by atoms with E-state index < -0.39 is 15.1 Å². The maximum Gasteiger partial charge on any atom is 0.248 e. The molecule has 1 aliphatic rings. The van der Waals surface area contributed by atoms with E-state index in [2.05, 4.69) is 30.8 Å². The smallest absolute Gasteiger partial charge is 0.248 e. The van der Waals surface area contributed by atoms with Crippen molar-refractivity contribution < 1.29 is 17.9 Å². The van der Waals surface area contributed by atoms with Crippen LogP contribution in [0.2, 0.25) is 5.02 Å². The number of nitrogens with one attached hydrogen (secondary N) is 3. The van der Waals surface area contributed by atoms with Gasteiger partial charge in [0.1, 0.15) is 10.8 Å². The van der Waals surface area contributed by atoms with E-state index in [0.29, 0.717) is 22.8 Å². The van der Waals surface area contributed by atoms with Gasteiger partial charge in [0, 0.05) is 49.0 Å². The fourth-order valence-corrected chi connectivity index (χ4v) is 6.30. The molecule has 1 fully saturated rings. The van der Waals surface area contributed by atoms with Crippen LogP contribution in [0.3, 0.4) is 0 Å².